The fourth-order valence-corrected chi connectivity index (χ4v) is 0.940. The second-order valence-electron chi connectivity index (χ2n) is 2.59. The Morgan fingerprint density at radius 3 is 2.10 bits per heavy atom. The first-order chi connectivity index (χ1) is 4.52. The summed E-state index contributed by atoms with van der Waals surface area (Å²) in [7, 11) is 1.57. The summed E-state index contributed by atoms with van der Waals surface area (Å²) in [6, 6.07) is -0.669. The lowest BCUT2D eigenvalue weighted by Gasteiger charge is -2.21. The van der Waals surface area contributed by atoms with Crippen LogP contribution >= 0.6 is 0 Å². The van der Waals surface area contributed by atoms with Gasteiger partial charge in [-0.15, -0.1) is 0 Å². The van der Waals surface area contributed by atoms with Crippen molar-refractivity contribution < 1.29 is 8.78 Å². The van der Waals surface area contributed by atoms with Gasteiger partial charge in [0.25, 0.3) is 5.92 Å². The lowest BCUT2D eigenvalue weighted by Crippen LogP contribution is -2.40. The van der Waals surface area contributed by atoms with Crippen LogP contribution in [0.1, 0.15) is 26.7 Å². The molecule has 0 aliphatic heterocycles. The highest BCUT2D eigenvalue weighted by Crippen LogP contribution is 2.20. The average molecular weight is 151 g/mol. The van der Waals surface area contributed by atoms with Crippen molar-refractivity contribution in [1.29, 1.82) is 0 Å². The molecule has 0 fully saturated rings. The van der Waals surface area contributed by atoms with Crippen LogP contribution in [0.5, 0.6) is 0 Å². The van der Waals surface area contributed by atoms with Crippen molar-refractivity contribution >= 4 is 0 Å². The fraction of sp³-hybridized carbons (Fsp3) is 1.00. The highest BCUT2D eigenvalue weighted by atomic mass is 19.3. The van der Waals surface area contributed by atoms with E-state index in [4.69, 9.17) is 0 Å². The Bertz CT molecular complexity index is 88.1. The van der Waals surface area contributed by atoms with E-state index in [-0.39, 0.29) is 0 Å². The number of nitrogens with one attached hydrogen (secondary N) is 1. The van der Waals surface area contributed by atoms with Crippen molar-refractivity contribution in [1.82, 2.24) is 5.32 Å². The number of hydrogen-bond acceptors (Lipinski definition) is 1. The van der Waals surface area contributed by atoms with Gasteiger partial charge in [-0.1, -0.05) is 13.3 Å². The fourth-order valence-electron chi connectivity index (χ4n) is 0.940. The van der Waals surface area contributed by atoms with Crippen LogP contribution in [0.3, 0.4) is 0 Å². The smallest absolute Gasteiger partial charge is 0.260 e. The summed E-state index contributed by atoms with van der Waals surface area (Å²) < 4.78 is 25.0. The van der Waals surface area contributed by atoms with Gasteiger partial charge in [0.1, 0.15) is 0 Å². The molecule has 1 unspecified atom stereocenters. The molecule has 0 saturated carbocycles. The first-order valence-electron chi connectivity index (χ1n) is 3.57. The summed E-state index contributed by atoms with van der Waals surface area (Å²) in [5.41, 5.74) is 0. The topological polar surface area (TPSA) is 12.0 Å². The highest BCUT2D eigenvalue weighted by Gasteiger charge is 2.31. The highest BCUT2D eigenvalue weighted by molar-refractivity contribution is 4.76. The van der Waals surface area contributed by atoms with Crippen molar-refractivity contribution in [2.75, 3.05) is 7.05 Å². The molecule has 0 aromatic heterocycles. The monoisotopic (exact) mass is 151 g/mol. The number of hydrogen-bond donors (Lipinski definition) is 1. The maximum Gasteiger partial charge on any atom is 0.260 e. The van der Waals surface area contributed by atoms with E-state index in [1.165, 1.54) is 0 Å². The van der Waals surface area contributed by atoms with Gasteiger partial charge in [-0.25, -0.2) is 8.78 Å². The molecule has 1 N–H and O–H groups in total. The van der Waals surface area contributed by atoms with Crippen LogP contribution in [-0.2, 0) is 0 Å². The SMILES string of the molecule is CCCC(NC)C(C)(F)F. The third kappa shape index (κ3) is 3.11. The van der Waals surface area contributed by atoms with E-state index in [9.17, 15) is 8.78 Å². The van der Waals surface area contributed by atoms with Gasteiger partial charge in [-0.05, 0) is 13.5 Å². The summed E-state index contributed by atoms with van der Waals surface area (Å²) in [6.07, 6.45) is 1.31. The van der Waals surface area contributed by atoms with Crippen molar-refractivity contribution in [3.8, 4) is 0 Å². The zero-order valence-electron chi connectivity index (χ0n) is 6.75. The summed E-state index contributed by atoms with van der Waals surface area (Å²) in [5.74, 6) is -2.59. The van der Waals surface area contributed by atoms with E-state index >= 15 is 0 Å². The second-order valence-corrected chi connectivity index (χ2v) is 2.59. The zero-order valence-corrected chi connectivity index (χ0v) is 6.75. The van der Waals surface area contributed by atoms with Crippen LogP contribution in [0.25, 0.3) is 0 Å². The molecule has 0 rings (SSSR count). The van der Waals surface area contributed by atoms with E-state index in [0.717, 1.165) is 13.3 Å². The maximum atomic E-state index is 12.5. The normalized spacial score (nSPS) is 15.3. The lowest BCUT2D eigenvalue weighted by molar-refractivity contribution is -0.0186. The molecule has 0 heterocycles. The molecule has 0 aliphatic rings. The van der Waals surface area contributed by atoms with Crippen molar-refractivity contribution in [3.05, 3.63) is 0 Å². The summed E-state index contributed by atoms with van der Waals surface area (Å²) >= 11 is 0. The Morgan fingerprint density at radius 1 is 1.50 bits per heavy atom. The predicted octanol–water partition coefficient (Wildman–Crippen LogP) is 2.03. The molecule has 0 radical (unpaired) electrons. The quantitative estimate of drug-likeness (QED) is 0.648. The van der Waals surface area contributed by atoms with Crippen molar-refractivity contribution in [2.45, 2.75) is 38.7 Å². The van der Waals surface area contributed by atoms with Crippen LogP contribution in [0.4, 0.5) is 8.78 Å². The minimum Gasteiger partial charge on any atom is -0.312 e. The minimum absolute atomic E-state index is 0.528. The summed E-state index contributed by atoms with van der Waals surface area (Å²) in [5, 5.41) is 2.59. The van der Waals surface area contributed by atoms with Crippen molar-refractivity contribution in [3.63, 3.8) is 0 Å². The predicted molar refractivity (Wildman–Crippen MR) is 38.4 cm³/mol. The van der Waals surface area contributed by atoms with Crippen LogP contribution in [-0.4, -0.2) is 19.0 Å². The third-order valence-electron chi connectivity index (χ3n) is 1.54. The molecule has 0 aromatic rings. The lowest BCUT2D eigenvalue weighted by atomic mass is 10.1. The summed E-state index contributed by atoms with van der Waals surface area (Å²) in [4.78, 5) is 0. The van der Waals surface area contributed by atoms with Gasteiger partial charge in [0, 0.05) is 6.92 Å². The Morgan fingerprint density at radius 2 is 2.00 bits per heavy atom. The van der Waals surface area contributed by atoms with Gasteiger partial charge < -0.3 is 5.32 Å². The average Bonchev–Trinajstić information content (AvgIpc) is 1.80. The Hall–Kier alpha value is -0.180. The number of alkyl halides is 2. The largest absolute Gasteiger partial charge is 0.312 e. The van der Waals surface area contributed by atoms with Gasteiger partial charge >= 0.3 is 0 Å². The molecular weight excluding hydrogens is 136 g/mol. The van der Waals surface area contributed by atoms with Crippen LogP contribution in [0, 0.1) is 0 Å². The van der Waals surface area contributed by atoms with Crippen LogP contribution in [0.15, 0.2) is 0 Å². The molecule has 62 valence electrons. The molecule has 0 amide bonds. The number of halogens is 2. The molecule has 3 heteroatoms. The molecule has 1 atom stereocenters. The molecule has 0 aromatic carbocycles. The van der Waals surface area contributed by atoms with Crippen LogP contribution < -0.4 is 5.32 Å². The van der Waals surface area contributed by atoms with E-state index in [1.807, 2.05) is 6.92 Å². The third-order valence-corrected chi connectivity index (χ3v) is 1.54. The first-order valence-corrected chi connectivity index (χ1v) is 3.57. The summed E-state index contributed by atoms with van der Waals surface area (Å²) in [6.45, 7) is 2.85. The second kappa shape index (κ2) is 3.86. The zero-order chi connectivity index (χ0) is 8.20. The van der Waals surface area contributed by atoms with Gasteiger partial charge in [0.2, 0.25) is 0 Å². The Labute approximate surface area is 60.8 Å². The Kier molecular flexibility index (Phi) is 3.79. The van der Waals surface area contributed by atoms with Crippen molar-refractivity contribution in [2.24, 2.45) is 0 Å². The molecule has 1 nitrogen and oxygen atoms in total. The van der Waals surface area contributed by atoms with E-state index in [2.05, 4.69) is 5.32 Å². The Balaban J connectivity index is 3.81. The van der Waals surface area contributed by atoms with E-state index < -0.39 is 12.0 Å². The molecule has 0 spiro atoms. The van der Waals surface area contributed by atoms with E-state index in [1.54, 1.807) is 7.05 Å². The molecule has 10 heavy (non-hydrogen) atoms. The van der Waals surface area contributed by atoms with Gasteiger partial charge in [0.15, 0.2) is 0 Å². The van der Waals surface area contributed by atoms with Crippen LogP contribution in [0.2, 0.25) is 0 Å². The first kappa shape index (κ1) is 9.82. The molecule has 0 aliphatic carbocycles. The van der Waals surface area contributed by atoms with Gasteiger partial charge in [-0.3, -0.25) is 0 Å². The molecular formula is C7H15F2N. The van der Waals surface area contributed by atoms with Gasteiger partial charge in [-0.2, -0.15) is 0 Å². The molecule has 0 bridgehead atoms. The van der Waals surface area contributed by atoms with E-state index in [0.29, 0.717) is 6.42 Å². The van der Waals surface area contributed by atoms with Gasteiger partial charge in [0.05, 0.1) is 6.04 Å². The molecule has 0 saturated heterocycles. The number of rotatable bonds is 4. The maximum absolute atomic E-state index is 12.5. The standard InChI is InChI=1S/C7H15F2N/c1-4-5-6(10-3)7(2,8)9/h6,10H,4-5H2,1-3H3. The minimum atomic E-state index is -2.59.